The van der Waals surface area contributed by atoms with E-state index in [1.54, 1.807) is 0 Å². The third-order valence-corrected chi connectivity index (χ3v) is 4.66. The van der Waals surface area contributed by atoms with Crippen LogP contribution in [0.5, 0.6) is 0 Å². The van der Waals surface area contributed by atoms with Crippen molar-refractivity contribution in [2.45, 2.75) is 25.9 Å². The number of benzene rings is 2. The zero-order valence-corrected chi connectivity index (χ0v) is 14.0. The number of halogens is 1. The summed E-state index contributed by atoms with van der Waals surface area (Å²) in [7, 11) is 0. The molecule has 0 unspecified atom stereocenters. The van der Waals surface area contributed by atoms with Gasteiger partial charge in [-0.05, 0) is 42.2 Å². The number of carbonyl (C=O) groups is 1. The summed E-state index contributed by atoms with van der Waals surface area (Å²) >= 11 is 5.91. The summed E-state index contributed by atoms with van der Waals surface area (Å²) in [6, 6.07) is 16.2. The molecule has 0 saturated heterocycles. The Bertz CT molecular complexity index is 684. The molecule has 0 bridgehead atoms. The van der Waals surface area contributed by atoms with Crippen LogP contribution in [0.25, 0.3) is 0 Å². The molecule has 3 nitrogen and oxygen atoms in total. The van der Waals surface area contributed by atoms with Gasteiger partial charge in [0.25, 0.3) is 0 Å². The van der Waals surface area contributed by atoms with Crippen LogP contribution in [0.3, 0.4) is 0 Å². The minimum absolute atomic E-state index is 0.119. The third-order valence-electron chi connectivity index (χ3n) is 4.41. The Labute approximate surface area is 142 Å². The molecule has 23 heavy (non-hydrogen) atoms. The largest absolute Gasteiger partial charge is 0.337 e. The maximum absolute atomic E-state index is 12.4. The molecule has 0 radical (unpaired) electrons. The van der Waals surface area contributed by atoms with Crippen molar-refractivity contribution >= 4 is 17.5 Å². The van der Waals surface area contributed by atoms with Gasteiger partial charge < -0.3 is 10.2 Å². The van der Waals surface area contributed by atoms with E-state index >= 15 is 0 Å². The third kappa shape index (κ3) is 3.92. The average molecular weight is 329 g/mol. The number of carbonyl (C=O) groups excluding carboxylic acids is 1. The van der Waals surface area contributed by atoms with Gasteiger partial charge in [0.1, 0.15) is 0 Å². The lowest BCUT2D eigenvalue weighted by atomic mass is 10.00. The Morgan fingerprint density at radius 1 is 1.17 bits per heavy atom. The van der Waals surface area contributed by atoms with Crippen molar-refractivity contribution in [2.75, 3.05) is 13.1 Å². The Morgan fingerprint density at radius 2 is 1.87 bits per heavy atom. The molecule has 1 atom stereocenters. The van der Waals surface area contributed by atoms with E-state index in [4.69, 9.17) is 11.6 Å². The first kappa shape index (κ1) is 16.0. The van der Waals surface area contributed by atoms with Crippen molar-refractivity contribution in [2.24, 2.45) is 0 Å². The van der Waals surface area contributed by atoms with Crippen molar-refractivity contribution in [1.29, 1.82) is 0 Å². The molecule has 1 amide bonds. The SMILES string of the molecule is C[C@H](NCC(=O)N1CCc2ccccc2C1)c1ccc(Cl)cc1. The van der Waals surface area contributed by atoms with Gasteiger partial charge in [0.2, 0.25) is 5.91 Å². The standard InChI is InChI=1S/C19H21ClN2O/c1-14(15-6-8-18(20)9-7-15)21-12-19(23)22-11-10-16-4-2-3-5-17(16)13-22/h2-9,14,21H,10-13H2,1H3/t14-/m0/s1. The van der Waals surface area contributed by atoms with Gasteiger partial charge in [-0.25, -0.2) is 0 Å². The van der Waals surface area contributed by atoms with Gasteiger partial charge in [0.15, 0.2) is 0 Å². The molecule has 4 heteroatoms. The van der Waals surface area contributed by atoms with Gasteiger partial charge >= 0.3 is 0 Å². The lowest BCUT2D eigenvalue weighted by Crippen LogP contribution is -2.41. The zero-order chi connectivity index (χ0) is 16.2. The minimum Gasteiger partial charge on any atom is -0.337 e. The second-order valence-corrected chi connectivity index (χ2v) is 6.42. The number of fused-ring (bicyclic) bond motifs is 1. The summed E-state index contributed by atoms with van der Waals surface area (Å²) < 4.78 is 0. The van der Waals surface area contributed by atoms with Crippen LogP contribution in [0.2, 0.25) is 5.02 Å². The number of hydrogen-bond donors (Lipinski definition) is 1. The summed E-state index contributed by atoms with van der Waals surface area (Å²) in [5, 5.41) is 4.03. The number of amides is 1. The van der Waals surface area contributed by atoms with Crippen molar-refractivity contribution < 1.29 is 4.79 Å². The topological polar surface area (TPSA) is 32.3 Å². The monoisotopic (exact) mass is 328 g/mol. The molecule has 1 heterocycles. The molecule has 0 aromatic heterocycles. The van der Waals surface area contributed by atoms with E-state index in [-0.39, 0.29) is 11.9 Å². The zero-order valence-electron chi connectivity index (χ0n) is 13.3. The predicted octanol–water partition coefficient (Wildman–Crippen LogP) is 3.58. The highest BCUT2D eigenvalue weighted by Crippen LogP contribution is 2.19. The molecule has 0 aliphatic carbocycles. The molecule has 0 saturated carbocycles. The van der Waals surface area contributed by atoms with Crippen LogP contribution in [0, 0.1) is 0 Å². The second kappa shape index (κ2) is 7.16. The summed E-state index contributed by atoms with van der Waals surface area (Å²) in [5.74, 6) is 0.153. The number of rotatable bonds is 4. The Morgan fingerprint density at radius 3 is 2.61 bits per heavy atom. The minimum atomic E-state index is 0.119. The van der Waals surface area contributed by atoms with Gasteiger partial charge in [-0.3, -0.25) is 4.79 Å². The molecule has 1 aliphatic rings. The van der Waals surface area contributed by atoms with Crippen molar-refractivity contribution in [1.82, 2.24) is 10.2 Å². The smallest absolute Gasteiger partial charge is 0.236 e. The average Bonchev–Trinajstić information content (AvgIpc) is 2.59. The Kier molecular flexibility index (Phi) is 4.99. The number of nitrogens with one attached hydrogen (secondary N) is 1. The van der Waals surface area contributed by atoms with Crippen LogP contribution < -0.4 is 5.32 Å². The molecule has 1 N–H and O–H groups in total. The molecule has 3 rings (SSSR count). The first-order chi connectivity index (χ1) is 11.1. The van der Waals surface area contributed by atoms with Crippen LogP contribution in [-0.2, 0) is 17.8 Å². The Hall–Kier alpha value is -1.84. The molecular weight excluding hydrogens is 308 g/mol. The van der Waals surface area contributed by atoms with Crippen LogP contribution in [0.4, 0.5) is 0 Å². The maximum Gasteiger partial charge on any atom is 0.236 e. The molecule has 1 aliphatic heterocycles. The fourth-order valence-corrected chi connectivity index (χ4v) is 3.06. The highest BCUT2D eigenvalue weighted by molar-refractivity contribution is 6.30. The van der Waals surface area contributed by atoms with Crippen molar-refractivity contribution in [3.63, 3.8) is 0 Å². The normalized spacial score (nSPS) is 15.1. The first-order valence-electron chi connectivity index (χ1n) is 7.97. The molecule has 2 aromatic rings. The number of hydrogen-bond acceptors (Lipinski definition) is 2. The van der Waals surface area contributed by atoms with Crippen molar-refractivity contribution in [3.8, 4) is 0 Å². The summed E-state index contributed by atoms with van der Waals surface area (Å²) in [5.41, 5.74) is 3.75. The van der Waals surface area contributed by atoms with Crippen molar-refractivity contribution in [3.05, 3.63) is 70.2 Å². The summed E-state index contributed by atoms with van der Waals surface area (Å²) in [6.07, 6.45) is 0.939. The summed E-state index contributed by atoms with van der Waals surface area (Å²) in [4.78, 5) is 14.4. The van der Waals surface area contributed by atoms with Gasteiger partial charge in [-0.15, -0.1) is 0 Å². The van der Waals surface area contributed by atoms with E-state index in [9.17, 15) is 4.79 Å². The highest BCUT2D eigenvalue weighted by atomic mass is 35.5. The van der Waals surface area contributed by atoms with E-state index < -0.39 is 0 Å². The molecule has 2 aromatic carbocycles. The second-order valence-electron chi connectivity index (χ2n) is 5.99. The van der Waals surface area contributed by atoms with E-state index in [0.29, 0.717) is 13.1 Å². The van der Waals surface area contributed by atoms with Gasteiger partial charge in [0.05, 0.1) is 6.54 Å². The van der Waals surface area contributed by atoms with E-state index in [1.165, 1.54) is 11.1 Å². The fraction of sp³-hybridized carbons (Fsp3) is 0.316. The summed E-state index contributed by atoms with van der Waals surface area (Å²) in [6.45, 7) is 3.92. The van der Waals surface area contributed by atoms with Gasteiger partial charge in [0, 0.05) is 24.2 Å². The maximum atomic E-state index is 12.4. The fourth-order valence-electron chi connectivity index (χ4n) is 2.93. The highest BCUT2D eigenvalue weighted by Gasteiger charge is 2.20. The lowest BCUT2D eigenvalue weighted by Gasteiger charge is -2.29. The first-order valence-corrected chi connectivity index (χ1v) is 8.34. The van der Waals surface area contributed by atoms with Crippen LogP contribution in [-0.4, -0.2) is 23.9 Å². The van der Waals surface area contributed by atoms with E-state index in [2.05, 4.69) is 30.4 Å². The Balaban J connectivity index is 1.55. The van der Waals surface area contributed by atoms with E-state index in [0.717, 1.165) is 23.6 Å². The van der Waals surface area contributed by atoms with Gasteiger partial charge in [-0.1, -0.05) is 48.0 Å². The quantitative estimate of drug-likeness (QED) is 0.930. The van der Waals surface area contributed by atoms with Crippen LogP contribution in [0.15, 0.2) is 48.5 Å². The molecule has 120 valence electrons. The van der Waals surface area contributed by atoms with E-state index in [1.807, 2.05) is 35.2 Å². The predicted molar refractivity (Wildman–Crippen MR) is 93.4 cm³/mol. The lowest BCUT2D eigenvalue weighted by molar-refractivity contribution is -0.131. The molecular formula is C19H21ClN2O. The van der Waals surface area contributed by atoms with Crippen LogP contribution in [0.1, 0.15) is 29.7 Å². The molecule has 0 fully saturated rings. The number of nitrogens with zero attached hydrogens (tertiary/aromatic N) is 1. The van der Waals surface area contributed by atoms with Crippen LogP contribution >= 0.6 is 11.6 Å². The molecule has 0 spiro atoms. The van der Waals surface area contributed by atoms with Gasteiger partial charge in [-0.2, -0.15) is 0 Å².